The predicted molar refractivity (Wildman–Crippen MR) is 85.8 cm³/mol. The molecule has 2 amide bonds. The summed E-state index contributed by atoms with van der Waals surface area (Å²) < 4.78 is 0. The van der Waals surface area contributed by atoms with E-state index in [1.165, 1.54) is 10.5 Å². The smallest absolute Gasteiger partial charge is 0.262 e. The number of thiophene rings is 1. The summed E-state index contributed by atoms with van der Waals surface area (Å²) in [7, 11) is 0. The zero-order chi connectivity index (χ0) is 15.3. The molecule has 2 aromatic rings. The van der Waals surface area contributed by atoms with Crippen molar-refractivity contribution < 1.29 is 9.59 Å². The van der Waals surface area contributed by atoms with Gasteiger partial charge in [0.2, 0.25) is 0 Å². The summed E-state index contributed by atoms with van der Waals surface area (Å²) in [6.07, 6.45) is 0.928. The molecule has 3 heterocycles. The standard InChI is InChI=1S/C17H14N2O2S/c1-10(14-15-11(6-8-18-14)7-9-22-15)19-16(20)12-4-2-3-5-13(12)17(19)21/h2-5,7,9-10H,6,8H2,1H3. The third kappa shape index (κ3) is 1.78. The van der Waals surface area contributed by atoms with Gasteiger partial charge in [0.15, 0.2) is 0 Å². The molecular formula is C17H14N2O2S. The first kappa shape index (κ1) is 13.4. The molecule has 22 heavy (non-hydrogen) atoms. The van der Waals surface area contributed by atoms with Crippen LogP contribution in [0.4, 0.5) is 0 Å². The molecule has 5 heteroatoms. The minimum absolute atomic E-state index is 0.223. The third-order valence-corrected chi connectivity index (χ3v) is 5.23. The van der Waals surface area contributed by atoms with E-state index >= 15 is 0 Å². The lowest BCUT2D eigenvalue weighted by molar-refractivity contribution is 0.0635. The van der Waals surface area contributed by atoms with Crippen molar-refractivity contribution in [2.75, 3.05) is 6.54 Å². The fourth-order valence-corrected chi connectivity index (χ4v) is 4.18. The van der Waals surface area contributed by atoms with Gasteiger partial charge in [0.1, 0.15) is 0 Å². The zero-order valence-electron chi connectivity index (χ0n) is 12.1. The minimum atomic E-state index is -0.343. The second kappa shape index (κ2) is 4.88. The summed E-state index contributed by atoms with van der Waals surface area (Å²) in [6.45, 7) is 2.60. The summed E-state index contributed by atoms with van der Waals surface area (Å²) in [5.74, 6) is -0.445. The van der Waals surface area contributed by atoms with E-state index in [2.05, 4.69) is 11.1 Å². The number of hydrogen-bond acceptors (Lipinski definition) is 4. The molecule has 110 valence electrons. The number of amides is 2. The fraction of sp³-hybridized carbons (Fsp3) is 0.235. The molecule has 4 rings (SSSR count). The van der Waals surface area contributed by atoms with E-state index in [1.54, 1.807) is 35.6 Å². The summed E-state index contributed by atoms with van der Waals surface area (Å²) in [5, 5.41) is 2.04. The van der Waals surface area contributed by atoms with Gasteiger partial charge in [0.25, 0.3) is 11.8 Å². The van der Waals surface area contributed by atoms with Crippen molar-refractivity contribution in [2.45, 2.75) is 19.4 Å². The van der Waals surface area contributed by atoms with Gasteiger partial charge in [-0.3, -0.25) is 19.5 Å². The molecule has 1 aromatic heterocycles. The highest BCUT2D eigenvalue weighted by molar-refractivity contribution is 7.12. The molecule has 0 fully saturated rings. The van der Waals surface area contributed by atoms with Crippen LogP contribution in [-0.2, 0) is 6.42 Å². The summed E-state index contributed by atoms with van der Waals surface area (Å²) in [6, 6.07) is 8.75. The minimum Gasteiger partial charge on any atom is -0.286 e. The average Bonchev–Trinajstić information content (AvgIpc) is 3.11. The van der Waals surface area contributed by atoms with E-state index < -0.39 is 0 Å². The van der Waals surface area contributed by atoms with Gasteiger partial charge in [-0.15, -0.1) is 11.3 Å². The molecule has 0 aliphatic carbocycles. The van der Waals surface area contributed by atoms with Crippen LogP contribution in [0.2, 0.25) is 0 Å². The molecule has 2 aliphatic rings. The van der Waals surface area contributed by atoms with Gasteiger partial charge in [0, 0.05) is 6.54 Å². The van der Waals surface area contributed by atoms with Crippen molar-refractivity contribution in [1.82, 2.24) is 4.90 Å². The number of carbonyl (C=O) groups is 2. The summed E-state index contributed by atoms with van der Waals surface area (Å²) in [5.41, 5.74) is 3.09. The normalized spacial score (nSPS) is 18.0. The molecular weight excluding hydrogens is 296 g/mol. The first-order valence-corrected chi connectivity index (χ1v) is 8.14. The second-order valence-electron chi connectivity index (χ2n) is 5.49. The molecule has 0 bridgehead atoms. The number of nitrogens with zero attached hydrogens (tertiary/aromatic N) is 2. The van der Waals surface area contributed by atoms with Crippen LogP contribution < -0.4 is 0 Å². The monoisotopic (exact) mass is 310 g/mol. The highest BCUT2D eigenvalue weighted by Crippen LogP contribution is 2.29. The summed E-state index contributed by atoms with van der Waals surface area (Å²) in [4.78, 5) is 32.2. The van der Waals surface area contributed by atoms with Crippen LogP contribution in [0, 0.1) is 0 Å². The van der Waals surface area contributed by atoms with E-state index in [-0.39, 0.29) is 17.9 Å². The Morgan fingerprint density at radius 1 is 1.14 bits per heavy atom. The van der Waals surface area contributed by atoms with Gasteiger partial charge in [-0.25, -0.2) is 0 Å². The summed E-state index contributed by atoms with van der Waals surface area (Å²) >= 11 is 1.63. The molecule has 0 spiro atoms. The van der Waals surface area contributed by atoms with Crippen LogP contribution in [0.25, 0.3) is 0 Å². The quantitative estimate of drug-likeness (QED) is 0.801. The lowest BCUT2D eigenvalue weighted by atomic mass is 10.0. The highest BCUT2D eigenvalue weighted by atomic mass is 32.1. The van der Waals surface area contributed by atoms with Crippen LogP contribution in [0.3, 0.4) is 0 Å². The molecule has 0 saturated heterocycles. The number of benzene rings is 1. The Labute approximate surface area is 132 Å². The van der Waals surface area contributed by atoms with Crippen LogP contribution in [-0.4, -0.2) is 35.0 Å². The molecule has 1 aromatic carbocycles. The Balaban J connectivity index is 1.74. The molecule has 4 nitrogen and oxygen atoms in total. The second-order valence-corrected chi connectivity index (χ2v) is 6.41. The Morgan fingerprint density at radius 3 is 2.50 bits per heavy atom. The first-order valence-electron chi connectivity index (χ1n) is 7.26. The van der Waals surface area contributed by atoms with E-state index in [9.17, 15) is 9.59 Å². The van der Waals surface area contributed by atoms with Gasteiger partial charge in [0.05, 0.1) is 27.8 Å². The van der Waals surface area contributed by atoms with Crippen molar-refractivity contribution in [1.29, 1.82) is 0 Å². The Morgan fingerprint density at radius 2 is 1.82 bits per heavy atom. The number of rotatable bonds is 2. The van der Waals surface area contributed by atoms with Gasteiger partial charge in [-0.05, 0) is 42.5 Å². The van der Waals surface area contributed by atoms with Crippen molar-refractivity contribution in [3.05, 3.63) is 57.3 Å². The Hall–Kier alpha value is -2.27. The number of imide groups is 1. The SMILES string of the molecule is CC(C1=NCCc2ccsc21)N1C(=O)c2ccccc2C1=O. The maximum Gasteiger partial charge on any atom is 0.262 e. The van der Waals surface area contributed by atoms with E-state index in [0.29, 0.717) is 17.7 Å². The lowest BCUT2D eigenvalue weighted by Gasteiger charge is -2.26. The van der Waals surface area contributed by atoms with Crippen LogP contribution in [0.15, 0.2) is 40.7 Å². The fourth-order valence-electron chi connectivity index (χ4n) is 3.13. The molecule has 2 aliphatic heterocycles. The van der Waals surface area contributed by atoms with E-state index in [0.717, 1.165) is 17.0 Å². The molecule has 1 unspecified atom stereocenters. The largest absolute Gasteiger partial charge is 0.286 e. The Bertz CT molecular complexity index is 787. The first-order chi connectivity index (χ1) is 10.7. The van der Waals surface area contributed by atoms with Gasteiger partial charge in [-0.2, -0.15) is 0 Å². The predicted octanol–water partition coefficient (Wildman–Crippen LogP) is 2.78. The number of hydrogen-bond donors (Lipinski definition) is 0. The number of fused-ring (bicyclic) bond motifs is 2. The van der Waals surface area contributed by atoms with Crippen molar-refractivity contribution >= 4 is 28.9 Å². The van der Waals surface area contributed by atoms with Crippen LogP contribution in [0.5, 0.6) is 0 Å². The number of carbonyl (C=O) groups excluding carboxylic acids is 2. The highest BCUT2D eigenvalue weighted by Gasteiger charge is 2.40. The van der Waals surface area contributed by atoms with Crippen LogP contribution >= 0.6 is 11.3 Å². The molecule has 0 N–H and O–H groups in total. The van der Waals surface area contributed by atoms with Crippen molar-refractivity contribution in [3.8, 4) is 0 Å². The third-order valence-electron chi connectivity index (χ3n) is 4.25. The zero-order valence-corrected chi connectivity index (χ0v) is 12.9. The van der Waals surface area contributed by atoms with E-state index in [4.69, 9.17) is 0 Å². The number of aliphatic imine (C=N–C) groups is 1. The van der Waals surface area contributed by atoms with Gasteiger partial charge < -0.3 is 0 Å². The lowest BCUT2D eigenvalue weighted by Crippen LogP contribution is -2.43. The maximum absolute atomic E-state index is 12.6. The Kier molecular flexibility index (Phi) is 2.97. The van der Waals surface area contributed by atoms with E-state index in [1.807, 2.05) is 12.3 Å². The molecule has 1 atom stereocenters. The van der Waals surface area contributed by atoms with Crippen LogP contribution in [0.1, 0.15) is 38.1 Å². The van der Waals surface area contributed by atoms with Gasteiger partial charge >= 0.3 is 0 Å². The molecule has 0 saturated carbocycles. The van der Waals surface area contributed by atoms with Gasteiger partial charge in [-0.1, -0.05) is 12.1 Å². The van der Waals surface area contributed by atoms with Crippen molar-refractivity contribution in [2.24, 2.45) is 4.99 Å². The van der Waals surface area contributed by atoms with Crippen molar-refractivity contribution in [3.63, 3.8) is 0 Å². The maximum atomic E-state index is 12.6. The topological polar surface area (TPSA) is 49.7 Å². The average molecular weight is 310 g/mol. The molecule has 0 radical (unpaired) electrons.